The molecule has 2 amide bonds. The lowest BCUT2D eigenvalue weighted by atomic mass is 9.83. The Balaban J connectivity index is 1.31. The van der Waals surface area contributed by atoms with E-state index >= 15 is 4.39 Å². The third-order valence-electron chi connectivity index (χ3n) is 7.99. The van der Waals surface area contributed by atoms with Crippen molar-refractivity contribution >= 4 is 28.4 Å². The minimum atomic E-state index is -0.418. The molecular formula is C28H35FN6O. The summed E-state index contributed by atoms with van der Waals surface area (Å²) in [5.41, 5.74) is 8.65. The van der Waals surface area contributed by atoms with Gasteiger partial charge < -0.3 is 20.9 Å². The van der Waals surface area contributed by atoms with Crippen LogP contribution in [-0.4, -0.2) is 59.0 Å². The number of primary amides is 1. The minimum absolute atomic E-state index is 0.0859. The fraction of sp³-hybridized carbons (Fsp3) is 0.464. The Morgan fingerprint density at radius 1 is 1.14 bits per heavy atom. The summed E-state index contributed by atoms with van der Waals surface area (Å²) in [5.74, 6) is 1.33. The van der Waals surface area contributed by atoms with Crippen molar-refractivity contribution in [2.45, 2.75) is 44.4 Å². The number of halogens is 1. The van der Waals surface area contributed by atoms with Crippen LogP contribution in [0.5, 0.6) is 0 Å². The molecule has 1 aromatic carbocycles. The number of hydrogen-bond donors (Lipinski definition) is 2. The molecule has 0 unspecified atom stereocenters. The number of amides is 2. The number of carbonyl (C=O) groups excluding carboxylic acids is 1. The first kappa shape index (κ1) is 24.4. The van der Waals surface area contributed by atoms with Crippen LogP contribution in [0, 0.1) is 11.7 Å². The van der Waals surface area contributed by atoms with Gasteiger partial charge in [0.15, 0.2) is 0 Å². The lowest BCUT2D eigenvalue weighted by molar-refractivity contribution is 0.189. The van der Waals surface area contributed by atoms with Gasteiger partial charge in [-0.05, 0) is 81.6 Å². The molecule has 5 rings (SSSR count). The highest BCUT2D eigenvalue weighted by Gasteiger charge is 2.25. The number of nitrogens with one attached hydrogen (secondary N) is 1. The van der Waals surface area contributed by atoms with Gasteiger partial charge in [-0.2, -0.15) is 0 Å². The van der Waals surface area contributed by atoms with Gasteiger partial charge in [0, 0.05) is 48.3 Å². The maximum absolute atomic E-state index is 15.0. The molecule has 8 heteroatoms. The van der Waals surface area contributed by atoms with E-state index < -0.39 is 6.03 Å². The molecule has 2 atom stereocenters. The van der Waals surface area contributed by atoms with E-state index in [0.717, 1.165) is 48.1 Å². The molecule has 2 aromatic heterocycles. The van der Waals surface area contributed by atoms with Crippen molar-refractivity contribution in [2.75, 3.05) is 38.5 Å². The van der Waals surface area contributed by atoms with Crippen LogP contribution in [0.25, 0.3) is 10.9 Å². The first-order valence-corrected chi connectivity index (χ1v) is 12.9. The van der Waals surface area contributed by atoms with Crippen LogP contribution in [0.2, 0.25) is 0 Å². The van der Waals surface area contributed by atoms with Crippen LogP contribution in [0.4, 0.5) is 20.7 Å². The minimum Gasteiger partial charge on any atom is -0.351 e. The van der Waals surface area contributed by atoms with Crippen LogP contribution in [0.15, 0.2) is 42.6 Å². The van der Waals surface area contributed by atoms with Gasteiger partial charge in [-0.15, -0.1) is 0 Å². The average Bonchev–Trinajstić information content (AvgIpc) is 2.89. The zero-order chi connectivity index (χ0) is 25.2. The second-order valence-electron chi connectivity index (χ2n) is 10.4. The van der Waals surface area contributed by atoms with Crippen molar-refractivity contribution in [3.05, 3.63) is 59.7 Å². The Labute approximate surface area is 211 Å². The van der Waals surface area contributed by atoms with E-state index in [4.69, 9.17) is 10.7 Å². The molecule has 36 heavy (non-hydrogen) atoms. The number of nitrogens with zero attached hydrogens (tertiary/aromatic N) is 4. The Morgan fingerprint density at radius 3 is 2.69 bits per heavy atom. The number of aromatic nitrogens is 2. The van der Waals surface area contributed by atoms with Crippen LogP contribution in [0.3, 0.4) is 0 Å². The van der Waals surface area contributed by atoms with E-state index in [1.54, 1.807) is 23.2 Å². The van der Waals surface area contributed by atoms with Crippen molar-refractivity contribution in [2.24, 2.45) is 11.7 Å². The van der Waals surface area contributed by atoms with Gasteiger partial charge in [-0.1, -0.05) is 13.0 Å². The molecule has 0 spiro atoms. The molecule has 2 aliphatic rings. The van der Waals surface area contributed by atoms with Gasteiger partial charge in [0.05, 0.1) is 11.2 Å². The Kier molecular flexibility index (Phi) is 7.05. The van der Waals surface area contributed by atoms with Gasteiger partial charge in [-0.25, -0.2) is 14.2 Å². The third-order valence-corrected chi connectivity index (χ3v) is 7.99. The zero-order valence-corrected chi connectivity index (χ0v) is 21.1. The Morgan fingerprint density at radius 2 is 1.94 bits per heavy atom. The quantitative estimate of drug-likeness (QED) is 0.512. The maximum atomic E-state index is 15.0. The van der Waals surface area contributed by atoms with Crippen molar-refractivity contribution < 1.29 is 9.18 Å². The second kappa shape index (κ2) is 10.4. The Hall–Kier alpha value is -3.26. The van der Waals surface area contributed by atoms with Crippen molar-refractivity contribution in [3.63, 3.8) is 0 Å². The molecule has 2 aliphatic heterocycles. The fourth-order valence-electron chi connectivity index (χ4n) is 5.60. The SMILES string of the molecule is C[C@H](c1ccc2cnc(Nc3ccc([C@@H]4CCCN(C(N)=O)C4)cc3F)cc2n1)C1CCN(C)CC1. The molecule has 7 nitrogen and oxygen atoms in total. The topological polar surface area (TPSA) is 87.4 Å². The molecule has 0 radical (unpaired) electrons. The number of fused-ring (bicyclic) bond motifs is 1. The van der Waals surface area contributed by atoms with E-state index in [9.17, 15) is 4.79 Å². The summed E-state index contributed by atoms with van der Waals surface area (Å²) in [6.07, 6.45) is 5.93. The summed E-state index contributed by atoms with van der Waals surface area (Å²) < 4.78 is 15.0. The lowest BCUT2D eigenvalue weighted by Crippen LogP contribution is -2.42. The summed E-state index contributed by atoms with van der Waals surface area (Å²) in [6.45, 7) is 5.73. The molecule has 4 heterocycles. The molecule has 0 bridgehead atoms. The van der Waals surface area contributed by atoms with Crippen LogP contribution < -0.4 is 11.1 Å². The molecule has 2 saturated heterocycles. The third kappa shape index (κ3) is 5.28. The maximum Gasteiger partial charge on any atom is 0.314 e. The number of benzene rings is 1. The van der Waals surface area contributed by atoms with E-state index in [2.05, 4.69) is 41.3 Å². The van der Waals surface area contributed by atoms with Crippen LogP contribution in [0.1, 0.15) is 55.7 Å². The van der Waals surface area contributed by atoms with Gasteiger partial charge in [0.25, 0.3) is 0 Å². The van der Waals surface area contributed by atoms with Gasteiger partial charge in [0.2, 0.25) is 0 Å². The lowest BCUT2D eigenvalue weighted by Gasteiger charge is -2.32. The van der Waals surface area contributed by atoms with E-state index in [-0.39, 0.29) is 11.7 Å². The van der Waals surface area contributed by atoms with Crippen molar-refractivity contribution in [1.29, 1.82) is 0 Å². The molecule has 2 fully saturated rings. The van der Waals surface area contributed by atoms with E-state index in [1.165, 1.54) is 12.8 Å². The monoisotopic (exact) mass is 490 g/mol. The van der Waals surface area contributed by atoms with E-state index in [1.807, 2.05) is 12.1 Å². The second-order valence-corrected chi connectivity index (χ2v) is 10.4. The van der Waals surface area contributed by atoms with Crippen LogP contribution >= 0.6 is 0 Å². The first-order valence-electron chi connectivity index (χ1n) is 12.9. The molecule has 3 aromatic rings. The van der Waals surface area contributed by atoms with Gasteiger partial charge in [0.1, 0.15) is 11.6 Å². The number of hydrogen-bond acceptors (Lipinski definition) is 5. The Bertz CT molecular complexity index is 1240. The highest BCUT2D eigenvalue weighted by Crippen LogP contribution is 2.33. The van der Waals surface area contributed by atoms with Crippen molar-refractivity contribution in [1.82, 2.24) is 19.8 Å². The molecular weight excluding hydrogens is 455 g/mol. The van der Waals surface area contributed by atoms with Crippen LogP contribution in [-0.2, 0) is 0 Å². The number of rotatable bonds is 5. The summed E-state index contributed by atoms with van der Waals surface area (Å²) in [6, 6.07) is 10.9. The first-order chi connectivity index (χ1) is 17.4. The largest absolute Gasteiger partial charge is 0.351 e. The zero-order valence-electron chi connectivity index (χ0n) is 21.1. The van der Waals surface area contributed by atoms with E-state index in [0.29, 0.717) is 36.4 Å². The highest BCUT2D eigenvalue weighted by molar-refractivity contribution is 5.81. The predicted molar refractivity (Wildman–Crippen MR) is 141 cm³/mol. The number of pyridine rings is 2. The number of anilines is 2. The smallest absolute Gasteiger partial charge is 0.314 e. The number of nitrogens with two attached hydrogens (primary N) is 1. The molecule has 0 aliphatic carbocycles. The summed E-state index contributed by atoms with van der Waals surface area (Å²) >= 11 is 0. The summed E-state index contributed by atoms with van der Waals surface area (Å²) in [5, 5.41) is 4.09. The van der Waals surface area contributed by atoms with Crippen molar-refractivity contribution in [3.8, 4) is 0 Å². The standard InChI is InChI=1S/C28H35FN6O/c1-18(19-9-12-34(2)13-10-19)24-7-6-21-16-31-27(15-26(21)32-24)33-25-8-5-20(14-23(25)29)22-4-3-11-35(17-22)28(30)36/h5-8,14-16,18-19,22H,3-4,9-13,17H2,1-2H3,(H2,30,36)(H,31,33)/t18-,22+/m0/s1. The molecule has 3 N–H and O–H groups in total. The number of urea groups is 1. The van der Waals surface area contributed by atoms with Gasteiger partial charge in [-0.3, -0.25) is 4.98 Å². The fourth-order valence-corrected chi connectivity index (χ4v) is 5.60. The summed E-state index contributed by atoms with van der Waals surface area (Å²) in [4.78, 5) is 25.0. The normalized spacial score (nSPS) is 20.4. The average molecular weight is 491 g/mol. The van der Waals surface area contributed by atoms with Gasteiger partial charge >= 0.3 is 6.03 Å². The summed E-state index contributed by atoms with van der Waals surface area (Å²) in [7, 11) is 2.18. The number of piperidine rings is 2. The molecule has 190 valence electrons. The highest BCUT2D eigenvalue weighted by atomic mass is 19.1. The predicted octanol–water partition coefficient (Wildman–Crippen LogP) is 5.22. The molecule has 0 saturated carbocycles. The number of carbonyl (C=O) groups is 1. The number of likely N-dealkylation sites (tertiary alicyclic amines) is 2.